The normalized spacial score (nSPS) is 12.7. The highest BCUT2D eigenvalue weighted by Crippen LogP contribution is 2.22. The van der Waals surface area contributed by atoms with Crippen molar-refractivity contribution in [1.29, 1.82) is 0 Å². The van der Waals surface area contributed by atoms with Gasteiger partial charge in [0.25, 0.3) is 0 Å². The predicted molar refractivity (Wildman–Crippen MR) is 72.8 cm³/mol. The van der Waals surface area contributed by atoms with E-state index in [1.165, 1.54) is 6.07 Å². The minimum Gasteiger partial charge on any atom is -0.464 e. The topological polar surface area (TPSA) is 39.2 Å². The van der Waals surface area contributed by atoms with Gasteiger partial charge in [-0.15, -0.1) is 0 Å². The fourth-order valence-corrected chi connectivity index (χ4v) is 2.23. The molecule has 0 saturated carbocycles. The third kappa shape index (κ3) is 3.00. The molecule has 2 rings (SSSR count). The first-order valence-corrected chi connectivity index (χ1v) is 6.67. The van der Waals surface area contributed by atoms with Crippen LogP contribution in [0.25, 0.3) is 0 Å². The Kier molecular flexibility index (Phi) is 4.19. The van der Waals surface area contributed by atoms with Gasteiger partial charge in [0.1, 0.15) is 17.3 Å². The van der Waals surface area contributed by atoms with Crippen LogP contribution in [0.15, 0.2) is 39.2 Å². The minimum atomic E-state index is -0.265. The quantitative estimate of drug-likeness (QED) is 0.927. The SMILES string of the molecule is CCc1ccc(C(N)Cc2ccc(F)c(Br)c2)o1. The smallest absolute Gasteiger partial charge is 0.137 e. The maximum atomic E-state index is 13.1. The van der Waals surface area contributed by atoms with Crippen LogP contribution in [-0.2, 0) is 12.8 Å². The Balaban J connectivity index is 2.10. The van der Waals surface area contributed by atoms with Gasteiger partial charge in [0.2, 0.25) is 0 Å². The third-order valence-electron chi connectivity index (χ3n) is 2.84. The van der Waals surface area contributed by atoms with E-state index in [1.54, 1.807) is 12.1 Å². The zero-order valence-electron chi connectivity index (χ0n) is 10.1. The van der Waals surface area contributed by atoms with E-state index in [2.05, 4.69) is 15.9 Å². The summed E-state index contributed by atoms with van der Waals surface area (Å²) in [7, 11) is 0. The van der Waals surface area contributed by atoms with Gasteiger partial charge in [0.05, 0.1) is 10.5 Å². The van der Waals surface area contributed by atoms with E-state index in [4.69, 9.17) is 10.2 Å². The molecule has 1 unspecified atom stereocenters. The molecular formula is C14H15BrFNO. The molecule has 2 nitrogen and oxygen atoms in total. The molecule has 2 N–H and O–H groups in total. The molecule has 4 heteroatoms. The van der Waals surface area contributed by atoms with Crippen LogP contribution in [0.4, 0.5) is 4.39 Å². The van der Waals surface area contributed by atoms with Gasteiger partial charge in [-0.3, -0.25) is 0 Å². The minimum absolute atomic E-state index is 0.206. The number of furan rings is 1. The molecule has 96 valence electrons. The highest BCUT2D eigenvalue weighted by molar-refractivity contribution is 9.10. The molecule has 0 bridgehead atoms. The lowest BCUT2D eigenvalue weighted by atomic mass is 10.0. The van der Waals surface area contributed by atoms with Crippen LogP contribution in [0.1, 0.15) is 30.0 Å². The van der Waals surface area contributed by atoms with Gasteiger partial charge in [-0.25, -0.2) is 4.39 Å². The Hall–Kier alpha value is -1.13. The van der Waals surface area contributed by atoms with Crippen LogP contribution >= 0.6 is 15.9 Å². The Labute approximate surface area is 114 Å². The number of rotatable bonds is 4. The molecule has 0 amide bonds. The average Bonchev–Trinajstić information content (AvgIpc) is 2.82. The summed E-state index contributed by atoms with van der Waals surface area (Å²) in [5.74, 6) is 1.44. The van der Waals surface area contributed by atoms with Crippen LogP contribution in [-0.4, -0.2) is 0 Å². The van der Waals surface area contributed by atoms with Crippen LogP contribution in [0, 0.1) is 5.82 Å². The Morgan fingerprint density at radius 3 is 2.72 bits per heavy atom. The molecule has 1 aromatic carbocycles. The molecular weight excluding hydrogens is 297 g/mol. The summed E-state index contributed by atoms with van der Waals surface area (Å²) >= 11 is 3.17. The van der Waals surface area contributed by atoms with Crippen molar-refractivity contribution in [2.45, 2.75) is 25.8 Å². The summed E-state index contributed by atoms with van der Waals surface area (Å²) < 4.78 is 19.2. The molecule has 1 heterocycles. The molecule has 0 spiro atoms. The van der Waals surface area contributed by atoms with Crippen LogP contribution in [0.5, 0.6) is 0 Å². The second kappa shape index (κ2) is 5.67. The van der Waals surface area contributed by atoms with E-state index in [0.717, 1.165) is 23.5 Å². The van der Waals surface area contributed by atoms with Crippen molar-refractivity contribution < 1.29 is 8.81 Å². The van der Waals surface area contributed by atoms with Gasteiger partial charge in [-0.2, -0.15) is 0 Å². The highest BCUT2D eigenvalue weighted by Gasteiger charge is 2.12. The van der Waals surface area contributed by atoms with Crippen molar-refractivity contribution in [1.82, 2.24) is 0 Å². The maximum Gasteiger partial charge on any atom is 0.137 e. The number of hydrogen-bond donors (Lipinski definition) is 1. The molecule has 0 saturated heterocycles. The summed E-state index contributed by atoms with van der Waals surface area (Å²) in [5, 5.41) is 0. The number of aryl methyl sites for hydroxylation is 1. The lowest BCUT2D eigenvalue weighted by molar-refractivity contribution is 0.434. The fourth-order valence-electron chi connectivity index (χ4n) is 1.80. The van der Waals surface area contributed by atoms with Gasteiger partial charge in [0.15, 0.2) is 0 Å². The first-order valence-electron chi connectivity index (χ1n) is 5.88. The molecule has 0 aliphatic rings. The molecule has 1 atom stereocenters. The van der Waals surface area contributed by atoms with E-state index in [9.17, 15) is 4.39 Å². The number of hydrogen-bond acceptors (Lipinski definition) is 2. The molecule has 1 aromatic heterocycles. The standard InChI is InChI=1S/C14H15BrFNO/c1-2-10-4-6-14(18-10)13(17)8-9-3-5-12(16)11(15)7-9/h3-7,13H,2,8,17H2,1H3. The maximum absolute atomic E-state index is 13.1. The lowest BCUT2D eigenvalue weighted by Gasteiger charge is -2.09. The second-order valence-corrected chi connectivity index (χ2v) is 5.07. The Morgan fingerprint density at radius 2 is 2.11 bits per heavy atom. The summed E-state index contributed by atoms with van der Waals surface area (Å²) in [4.78, 5) is 0. The van der Waals surface area contributed by atoms with Crippen molar-refractivity contribution in [2.75, 3.05) is 0 Å². The fraction of sp³-hybridized carbons (Fsp3) is 0.286. The summed E-state index contributed by atoms with van der Waals surface area (Å²) in [6, 6.07) is 8.56. The van der Waals surface area contributed by atoms with Crippen molar-refractivity contribution in [3.63, 3.8) is 0 Å². The van der Waals surface area contributed by atoms with E-state index in [-0.39, 0.29) is 11.9 Å². The number of halogens is 2. The van der Waals surface area contributed by atoms with E-state index in [1.807, 2.05) is 19.1 Å². The zero-order valence-corrected chi connectivity index (χ0v) is 11.7. The molecule has 0 aliphatic carbocycles. The monoisotopic (exact) mass is 311 g/mol. The van der Waals surface area contributed by atoms with Crippen LogP contribution in [0.3, 0.4) is 0 Å². The van der Waals surface area contributed by atoms with E-state index < -0.39 is 0 Å². The third-order valence-corrected chi connectivity index (χ3v) is 3.44. The number of nitrogens with two attached hydrogens (primary N) is 1. The predicted octanol–water partition coefficient (Wildman–Crippen LogP) is 3.99. The average molecular weight is 312 g/mol. The first-order chi connectivity index (χ1) is 8.60. The van der Waals surface area contributed by atoms with Crippen LogP contribution in [0.2, 0.25) is 0 Å². The van der Waals surface area contributed by atoms with Gasteiger partial charge in [0, 0.05) is 6.42 Å². The van der Waals surface area contributed by atoms with Crippen LogP contribution < -0.4 is 5.73 Å². The number of benzene rings is 1. The summed E-state index contributed by atoms with van der Waals surface area (Å²) in [6.07, 6.45) is 1.48. The highest BCUT2D eigenvalue weighted by atomic mass is 79.9. The van der Waals surface area contributed by atoms with Crippen molar-refractivity contribution in [3.05, 3.63) is 57.7 Å². The first kappa shape index (κ1) is 13.3. The van der Waals surface area contributed by atoms with Crippen molar-refractivity contribution >= 4 is 15.9 Å². The zero-order chi connectivity index (χ0) is 13.1. The van der Waals surface area contributed by atoms with Crippen molar-refractivity contribution in [3.8, 4) is 0 Å². The molecule has 0 radical (unpaired) electrons. The Morgan fingerprint density at radius 1 is 1.33 bits per heavy atom. The molecule has 0 fully saturated rings. The second-order valence-electron chi connectivity index (χ2n) is 4.22. The van der Waals surface area contributed by atoms with E-state index in [0.29, 0.717) is 10.9 Å². The van der Waals surface area contributed by atoms with Gasteiger partial charge < -0.3 is 10.2 Å². The molecule has 0 aliphatic heterocycles. The van der Waals surface area contributed by atoms with Crippen molar-refractivity contribution in [2.24, 2.45) is 5.73 Å². The summed E-state index contributed by atoms with van der Waals surface area (Å²) in [5.41, 5.74) is 7.06. The summed E-state index contributed by atoms with van der Waals surface area (Å²) in [6.45, 7) is 2.03. The van der Waals surface area contributed by atoms with Gasteiger partial charge in [-0.05, 0) is 52.2 Å². The Bertz CT molecular complexity index is 538. The van der Waals surface area contributed by atoms with Gasteiger partial charge >= 0.3 is 0 Å². The van der Waals surface area contributed by atoms with Gasteiger partial charge in [-0.1, -0.05) is 13.0 Å². The molecule has 2 aromatic rings. The van der Waals surface area contributed by atoms with E-state index >= 15 is 0 Å². The molecule has 18 heavy (non-hydrogen) atoms. The lowest BCUT2D eigenvalue weighted by Crippen LogP contribution is -2.12. The largest absolute Gasteiger partial charge is 0.464 e.